The summed E-state index contributed by atoms with van der Waals surface area (Å²) >= 11 is 1.46. The molecule has 0 aliphatic heterocycles. The average molecular weight is 385 g/mol. The second-order valence-corrected chi connectivity index (χ2v) is 7.75. The fourth-order valence-corrected chi connectivity index (χ4v) is 3.67. The van der Waals surface area contributed by atoms with Gasteiger partial charge in [0.05, 0.1) is 18.0 Å². The molecule has 0 atom stereocenters. The number of aryl methyl sites for hydroxylation is 2. The Morgan fingerprint density at radius 1 is 1.26 bits per heavy atom. The maximum absolute atomic E-state index is 12.7. The molecule has 0 aliphatic carbocycles. The highest BCUT2D eigenvalue weighted by Crippen LogP contribution is 2.31. The lowest BCUT2D eigenvalue weighted by atomic mass is 10.1. The maximum Gasteiger partial charge on any atom is 0.275 e. The monoisotopic (exact) mass is 384 g/mol. The van der Waals surface area contributed by atoms with Gasteiger partial charge in [0.15, 0.2) is 5.13 Å². The van der Waals surface area contributed by atoms with Crippen LogP contribution in [0.3, 0.4) is 0 Å². The summed E-state index contributed by atoms with van der Waals surface area (Å²) in [5.74, 6) is 0.635. The highest BCUT2D eigenvalue weighted by atomic mass is 32.1. The quantitative estimate of drug-likeness (QED) is 0.659. The number of anilines is 1. The van der Waals surface area contributed by atoms with Crippen LogP contribution >= 0.6 is 11.3 Å². The van der Waals surface area contributed by atoms with E-state index in [1.165, 1.54) is 11.3 Å². The van der Waals surface area contributed by atoms with Gasteiger partial charge in [-0.25, -0.2) is 4.98 Å². The molecule has 142 valence electrons. The third-order valence-corrected chi connectivity index (χ3v) is 4.92. The predicted octanol–water partition coefficient (Wildman–Crippen LogP) is 4.86. The van der Waals surface area contributed by atoms with E-state index >= 15 is 0 Å². The number of benzene rings is 1. The van der Waals surface area contributed by atoms with Crippen LogP contribution in [-0.2, 0) is 0 Å². The number of hydrogen-bond donors (Lipinski definition) is 1. The summed E-state index contributed by atoms with van der Waals surface area (Å²) in [4.78, 5) is 18.4. The van der Waals surface area contributed by atoms with E-state index in [0.717, 1.165) is 27.6 Å². The van der Waals surface area contributed by atoms with Crippen LogP contribution in [0.25, 0.3) is 11.3 Å². The number of amides is 1. The number of ether oxygens (including phenoxy) is 1. The molecule has 7 heteroatoms. The molecule has 0 unspecified atom stereocenters. The normalized spacial score (nSPS) is 11.0. The average Bonchev–Trinajstić information content (AvgIpc) is 3.19. The maximum atomic E-state index is 12.7. The lowest BCUT2D eigenvalue weighted by molar-refractivity contribution is 0.101. The topological polar surface area (TPSA) is 69.0 Å². The van der Waals surface area contributed by atoms with Gasteiger partial charge in [-0.05, 0) is 65.0 Å². The second kappa shape index (κ2) is 7.92. The summed E-state index contributed by atoms with van der Waals surface area (Å²) in [5.41, 5.74) is 3.22. The van der Waals surface area contributed by atoms with E-state index in [-0.39, 0.29) is 11.9 Å². The first-order valence-electron chi connectivity index (χ1n) is 8.97. The van der Waals surface area contributed by atoms with Crippen LogP contribution in [0, 0.1) is 13.8 Å². The molecule has 3 aromatic rings. The number of nitrogens with zero attached hydrogens (tertiary/aromatic N) is 3. The van der Waals surface area contributed by atoms with Crippen molar-refractivity contribution in [3.05, 3.63) is 46.6 Å². The lowest BCUT2D eigenvalue weighted by Gasteiger charge is -2.09. The third-order valence-electron chi connectivity index (χ3n) is 4.04. The molecule has 2 heterocycles. The molecule has 0 saturated heterocycles. The van der Waals surface area contributed by atoms with E-state index in [4.69, 9.17) is 4.74 Å². The van der Waals surface area contributed by atoms with Crippen molar-refractivity contribution in [2.45, 2.75) is 40.7 Å². The number of rotatable bonds is 6. The Balaban J connectivity index is 1.81. The number of aromatic nitrogens is 3. The molecular weight excluding hydrogens is 360 g/mol. The number of nitrogens with one attached hydrogen (secondary N) is 1. The van der Waals surface area contributed by atoms with E-state index in [1.807, 2.05) is 58.9 Å². The minimum absolute atomic E-state index is 0.108. The zero-order chi connectivity index (χ0) is 19.6. The summed E-state index contributed by atoms with van der Waals surface area (Å²) < 4.78 is 7.22. The third kappa shape index (κ3) is 4.19. The molecule has 1 N–H and O–H groups in total. The van der Waals surface area contributed by atoms with Crippen molar-refractivity contribution in [3.63, 3.8) is 0 Å². The molecule has 0 radical (unpaired) electrons. The van der Waals surface area contributed by atoms with Crippen molar-refractivity contribution in [1.29, 1.82) is 0 Å². The first-order chi connectivity index (χ1) is 12.9. The second-order valence-electron chi connectivity index (χ2n) is 6.54. The van der Waals surface area contributed by atoms with Crippen LogP contribution in [0.1, 0.15) is 47.9 Å². The van der Waals surface area contributed by atoms with Crippen molar-refractivity contribution in [1.82, 2.24) is 14.8 Å². The Morgan fingerprint density at radius 3 is 2.59 bits per heavy atom. The van der Waals surface area contributed by atoms with E-state index in [9.17, 15) is 4.79 Å². The van der Waals surface area contributed by atoms with E-state index in [2.05, 4.69) is 15.4 Å². The molecule has 1 amide bonds. The highest BCUT2D eigenvalue weighted by Gasteiger charge is 2.18. The first kappa shape index (κ1) is 19.1. The summed E-state index contributed by atoms with van der Waals surface area (Å²) in [5, 5.41) is 7.89. The van der Waals surface area contributed by atoms with Gasteiger partial charge in [-0.15, -0.1) is 11.3 Å². The summed E-state index contributed by atoms with van der Waals surface area (Å²) in [6.07, 6.45) is 0. The Kier molecular flexibility index (Phi) is 5.60. The minimum atomic E-state index is -0.198. The van der Waals surface area contributed by atoms with E-state index in [0.29, 0.717) is 17.4 Å². The van der Waals surface area contributed by atoms with Crippen molar-refractivity contribution in [2.24, 2.45) is 0 Å². The molecule has 0 saturated carbocycles. The van der Waals surface area contributed by atoms with Crippen molar-refractivity contribution in [3.8, 4) is 17.0 Å². The van der Waals surface area contributed by atoms with Gasteiger partial charge in [0.1, 0.15) is 11.4 Å². The van der Waals surface area contributed by atoms with Gasteiger partial charge in [-0.3, -0.25) is 14.8 Å². The van der Waals surface area contributed by atoms with Gasteiger partial charge in [0.25, 0.3) is 5.91 Å². The molecule has 3 rings (SSSR count). The number of thiazole rings is 1. The van der Waals surface area contributed by atoms with Crippen molar-refractivity contribution < 1.29 is 9.53 Å². The van der Waals surface area contributed by atoms with Crippen LogP contribution in [0.15, 0.2) is 30.3 Å². The molecule has 27 heavy (non-hydrogen) atoms. The molecule has 0 spiro atoms. The minimum Gasteiger partial charge on any atom is -0.494 e. The smallest absolute Gasteiger partial charge is 0.275 e. The van der Waals surface area contributed by atoms with Crippen LogP contribution in [0.2, 0.25) is 0 Å². The van der Waals surface area contributed by atoms with Crippen LogP contribution in [-0.4, -0.2) is 27.3 Å². The van der Waals surface area contributed by atoms with Gasteiger partial charge in [0.2, 0.25) is 0 Å². The summed E-state index contributed by atoms with van der Waals surface area (Å²) in [6, 6.07) is 9.73. The zero-order valence-electron chi connectivity index (χ0n) is 16.2. The fourth-order valence-electron chi connectivity index (χ4n) is 2.83. The van der Waals surface area contributed by atoms with Gasteiger partial charge in [-0.2, -0.15) is 5.10 Å². The molecular formula is C20H24N4O2S. The molecule has 0 fully saturated rings. The van der Waals surface area contributed by atoms with Gasteiger partial charge in [0, 0.05) is 16.5 Å². The molecule has 1 aromatic carbocycles. The van der Waals surface area contributed by atoms with Crippen molar-refractivity contribution in [2.75, 3.05) is 11.9 Å². The molecule has 6 nitrogen and oxygen atoms in total. The Bertz CT molecular complexity index is 942. The Morgan fingerprint density at radius 2 is 1.96 bits per heavy atom. The van der Waals surface area contributed by atoms with Crippen molar-refractivity contribution >= 4 is 22.4 Å². The van der Waals surface area contributed by atoms with E-state index in [1.54, 1.807) is 10.7 Å². The lowest BCUT2D eigenvalue weighted by Crippen LogP contribution is -2.18. The first-order valence-corrected chi connectivity index (χ1v) is 9.78. The van der Waals surface area contributed by atoms with Gasteiger partial charge < -0.3 is 4.74 Å². The Labute approximate surface area is 163 Å². The molecule has 0 aliphatic rings. The SMILES string of the molecule is CCOc1ccc(-c2nc(NC(=O)c3cc(C)nn3C(C)C)sc2C)cc1. The number of carbonyl (C=O) groups is 1. The van der Waals surface area contributed by atoms with Gasteiger partial charge >= 0.3 is 0 Å². The van der Waals surface area contributed by atoms with Crippen LogP contribution in [0.4, 0.5) is 5.13 Å². The largest absolute Gasteiger partial charge is 0.494 e. The number of carbonyl (C=O) groups excluding carboxylic acids is 1. The van der Waals surface area contributed by atoms with Crippen LogP contribution in [0.5, 0.6) is 5.75 Å². The molecule has 0 bridgehead atoms. The molecule has 2 aromatic heterocycles. The zero-order valence-corrected chi connectivity index (χ0v) is 17.1. The summed E-state index contributed by atoms with van der Waals surface area (Å²) in [6.45, 7) is 10.5. The van der Waals surface area contributed by atoms with E-state index < -0.39 is 0 Å². The predicted molar refractivity (Wildman–Crippen MR) is 109 cm³/mol. The standard InChI is InChI=1S/C20H24N4O2S/c1-6-26-16-9-7-15(8-10-16)18-14(5)27-20(21-18)22-19(25)17-11-13(4)23-24(17)12(2)3/h7-12H,6H2,1-5H3,(H,21,22,25). The fraction of sp³-hybridized carbons (Fsp3) is 0.350. The van der Waals surface area contributed by atoms with Gasteiger partial charge in [-0.1, -0.05) is 0 Å². The summed E-state index contributed by atoms with van der Waals surface area (Å²) in [7, 11) is 0. The number of hydrogen-bond acceptors (Lipinski definition) is 5. The Hall–Kier alpha value is -2.67. The van der Waals surface area contributed by atoms with Crippen LogP contribution < -0.4 is 10.1 Å². The highest BCUT2D eigenvalue weighted by molar-refractivity contribution is 7.16.